The Labute approximate surface area is 471 Å². The third-order valence-corrected chi connectivity index (χ3v) is 14.2. The van der Waals surface area contributed by atoms with E-state index in [2.05, 4.69) is 106 Å². The molecular formula is C70H122O6. The highest BCUT2D eigenvalue weighted by atomic mass is 16.6. The first-order valence-electron chi connectivity index (χ1n) is 32.6. The van der Waals surface area contributed by atoms with Crippen LogP contribution in [0, 0.1) is 0 Å². The topological polar surface area (TPSA) is 78.9 Å². The second-order valence-corrected chi connectivity index (χ2v) is 21.7. The van der Waals surface area contributed by atoms with Gasteiger partial charge < -0.3 is 14.2 Å². The van der Waals surface area contributed by atoms with Crippen molar-refractivity contribution in [2.75, 3.05) is 13.2 Å². The first-order valence-corrected chi connectivity index (χ1v) is 32.6. The molecule has 6 nitrogen and oxygen atoms in total. The van der Waals surface area contributed by atoms with E-state index in [1.54, 1.807) is 0 Å². The SMILES string of the molecule is CC/C=C\C/C=C\C/C=C\C/C=C\C/C=C\C/C=C\C/C=C\CCCCCCCCCC(=O)OCC(COC(=O)CCCCCCC)OC(=O)CCCCCCCCCCCCCCCCCCCCCCCCCC. The molecule has 1 unspecified atom stereocenters. The minimum atomic E-state index is -0.777. The van der Waals surface area contributed by atoms with Crippen molar-refractivity contribution < 1.29 is 28.6 Å². The van der Waals surface area contributed by atoms with Crippen LogP contribution in [0.3, 0.4) is 0 Å². The van der Waals surface area contributed by atoms with Crippen LogP contribution in [0.5, 0.6) is 0 Å². The molecule has 0 heterocycles. The van der Waals surface area contributed by atoms with Gasteiger partial charge in [-0.1, -0.05) is 311 Å². The van der Waals surface area contributed by atoms with Gasteiger partial charge in [0, 0.05) is 19.3 Å². The molecule has 0 N–H and O–H groups in total. The molecule has 0 aliphatic rings. The van der Waals surface area contributed by atoms with Crippen LogP contribution in [-0.4, -0.2) is 37.2 Å². The summed E-state index contributed by atoms with van der Waals surface area (Å²) in [5, 5.41) is 0. The Bertz CT molecular complexity index is 1450. The molecule has 0 saturated carbocycles. The zero-order valence-electron chi connectivity index (χ0n) is 50.3. The molecule has 0 fully saturated rings. The van der Waals surface area contributed by atoms with Crippen molar-refractivity contribution in [3.63, 3.8) is 0 Å². The van der Waals surface area contributed by atoms with E-state index in [-0.39, 0.29) is 31.1 Å². The van der Waals surface area contributed by atoms with Crippen LogP contribution < -0.4 is 0 Å². The molecule has 0 bridgehead atoms. The van der Waals surface area contributed by atoms with Gasteiger partial charge >= 0.3 is 17.9 Å². The van der Waals surface area contributed by atoms with E-state index in [0.717, 1.165) is 116 Å². The molecule has 438 valence electrons. The molecule has 0 aliphatic heterocycles. The summed E-state index contributed by atoms with van der Waals surface area (Å²) in [7, 11) is 0. The quantitative estimate of drug-likeness (QED) is 0.0261. The van der Waals surface area contributed by atoms with Crippen LogP contribution in [0.25, 0.3) is 0 Å². The highest BCUT2D eigenvalue weighted by Crippen LogP contribution is 2.17. The standard InChI is InChI=1S/C70H122O6/c1-4-7-10-13-15-17-19-21-23-25-27-29-31-33-34-35-36-37-39-40-42-44-46-48-50-52-54-57-60-63-69(72)75-66-67(65-74-68(71)62-59-56-12-9-6-3)76-70(73)64-61-58-55-53-51-49-47-45-43-41-38-32-30-28-26-24-22-20-18-16-14-11-8-5-2/h7,10,15,17,21,23,27,29,33-34,36-37,40,42,67H,4-6,8-9,11-14,16,18-20,22,24-26,28,30-32,35,38-39,41,43-66H2,1-3H3/b10-7-,17-15-,23-21-,29-27-,34-33-,37-36-,42-40-. The van der Waals surface area contributed by atoms with Gasteiger partial charge in [0.15, 0.2) is 6.10 Å². The van der Waals surface area contributed by atoms with Crippen molar-refractivity contribution in [2.24, 2.45) is 0 Å². The lowest BCUT2D eigenvalue weighted by atomic mass is 10.0. The second-order valence-electron chi connectivity index (χ2n) is 21.7. The molecule has 0 aromatic rings. The number of hydrogen-bond donors (Lipinski definition) is 0. The molecule has 0 saturated heterocycles. The van der Waals surface area contributed by atoms with Crippen LogP contribution in [0.15, 0.2) is 85.1 Å². The van der Waals surface area contributed by atoms with Gasteiger partial charge in [-0.3, -0.25) is 14.4 Å². The third-order valence-electron chi connectivity index (χ3n) is 14.2. The predicted molar refractivity (Wildman–Crippen MR) is 330 cm³/mol. The monoisotopic (exact) mass is 1060 g/mol. The fourth-order valence-corrected chi connectivity index (χ4v) is 9.31. The summed E-state index contributed by atoms with van der Waals surface area (Å²) in [6.07, 6.45) is 85.0. The zero-order chi connectivity index (χ0) is 55.0. The fourth-order valence-electron chi connectivity index (χ4n) is 9.31. The molecule has 0 spiro atoms. The highest BCUT2D eigenvalue weighted by molar-refractivity contribution is 5.71. The molecule has 76 heavy (non-hydrogen) atoms. The number of esters is 3. The van der Waals surface area contributed by atoms with Crippen LogP contribution in [0.1, 0.15) is 323 Å². The van der Waals surface area contributed by atoms with Crippen LogP contribution in [-0.2, 0) is 28.6 Å². The van der Waals surface area contributed by atoms with E-state index in [9.17, 15) is 14.4 Å². The van der Waals surface area contributed by atoms with Crippen LogP contribution in [0.2, 0.25) is 0 Å². The first-order chi connectivity index (χ1) is 37.5. The average molecular weight is 1060 g/mol. The lowest BCUT2D eigenvalue weighted by Crippen LogP contribution is -2.30. The Morgan fingerprint density at radius 2 is 0.513 bits per heavy atom. The molecule has 0 aliphatic carbocycles. The van der Waals surface area contributed by atoms with Crippen molar-refractivity contribution in [3.8, 4) is 0 Å². The molecule has 0 aromatic carbocycles. The summed E-state index contributed by atoms with van der Waals surface area (Å²) in [5.41, 5.74) is 0. The van der Waals surface area contributed by atoms with Crippen molar-refractivity contribution in [1.29, 1.82) is 0 Å². The lowest BCUT2D eigenvalue weighted by Gasteiger charge is -2.18. The van der Waals surface area contributed by atoms with Gasteiger partial charge in [-0.25, -0.2) is 0 Å². The number of rotatable bonds is 59. The number of unbranched alkanes of at least 4 members (excludes halogenated alkanes) is 34. The number of carbonyl (C=O) groups excluding carboxylic acids is 3. The lowest BCUT2D eigenvalue weighted by molar-refractivity contribution is -0.167. The number of ether oxygens (including phenoxy) is 3. The summed E-state index contributed by atoms with van der Waals surface area (Å²) in [5.74, 6) is -0.890. The summed E-state index contributed by atoms with van der Waals surface area (Å²) in [6, 6.07) is 0. The Balaban J connectivity index is 4.05. The van der Waals surface area contributed by atoms with Crippen molar-refractivity contribution >= 4 is 17.9 Å². The van der Waals surface area contributed by atoms with E-state index in [0.29, 0.717) is 19.3 Å². The van der Waals surface area contributed by atoms with Crippen LogP contribution >= 0.6 is 0 Å². The van der Waals surface area contributed by atoms with Crippen molar-refractivity contribution in [3.05, 3.63) is 85.1 Å². The van der Waals surface area contributed by atoms with Gasteiger partial charge in [0.25, 0.3) is 0 Å². The largest absolute Gasteiger partial charge is 0.462 e. The van der Waals surface area contributed by atoms with E-state index < -0.39 is 6.10 Å². The average Bonchev–Trinajstić information content (AvgIpc) is 3.42. The second kappa shape index (κ2) is 64.1. The van der Waals surface area contributed by atoms with E-state index in [1.807, 2.05) is 0 Å². The summed E-state index contributed by atoms with van der Waals surface area (Å²) in [4.78, 5) is 37.9. The van der Waals surface area contributed by atoms with Crippen molar-refractivity contribution in [2.45, 2.75) is 329 Å². The minimum absolute atomic E-state index is 0.0779. The zero-order valence-corrected chi connectivity index (χ0v) is 50.3. The molecule has 0 aromatic heterocycles. The van der Waals surface area contributed by atoms with Crippen molar-refractivity contribution in [1.82, 2.24) is 0 Å². The Morgan fingerprint density at radius 3 is 0.803 bits per heavy atom. The fraction of sp³-hybridized carbons (Fsp3) is 0.757. The van der Waals surface area contributed by atoms with E-state index in [1.165, 1.54) is 167 Å². The molecule has 6 heteroatoms. The van der Waals surface area contributed by atoms with Crippen LogP contribution in [0.4, 0.5) is 0 Å². The van der Waals surface area contributed by atoms with Gasteiger partial charge in [-0.05, 0) is 77.0 Å². The molecular weight excluding hydrogens is 937 g/mol. The van der Waals surface area contributed by atoms with E-state index >= 15 is 0 Å². The molecule has 0 amide bonds. The smallest absolute Gasteiger partial charge is 0.306 e. The predicted octanol–water partition coefficient (Wildman–Crippen LogP) is 22.3. The summed E-state index contributed by atoms with van der Waals surface area (Å²) < 4.78 is 16.8. The summed E-state index contributed by atoms with van der Waals surface area (Å²) in [6.45, 7) is 6.47. The number of allylic oxidation sites excluding steroid dienone is 14. The maximum absolute atomic E-state index is 12.8. The first kappa shape index (κ1) is 72.6. The van der Waals surface area contributed by atoms with E-state index in [4.69, 9.17) is 14.2 Å². The maximum atomic E-state index is 12.8. The van der Waals surface area contributed by atoms with Gasteiger partial charge in [-0.2, -0.15) is 0 Å². The van der Waals surface area contributed by atoms with Gasteiger partial charge in [0.2, 0.25) is 0 Å². The molecule has 1 atom stereocenters. The highest BCUT2D eigenvalue weighted by Gasteiger charge is 2.19. The Hall–Kier alpha value is -3.41. The van der Waals surface area contributed by atoms with Gasteiger partial charge in [-0.15, -0.1) is 0 Å². The number of hydrogen-bond acceptors (Lipinski definition) is 6. The number of carbonyl (C=O) groups is 3. The molecule has 0 radical (unpaired) electrons. The third kappa shape index (κ3) is 61.4. The Morgan fingerprint density at radius 1 is 0.276 bits per heavy atom. The summed E-state index contributed by atoms with van der Waals surface area (Å²) >= 11 is 0. The van der Waals surface area contributed by atoms with Gasteiger partial charge in [0.05, 0.1) is 0 Å². The maximum Gasteiger partial charge on any atom is 0.306 e. The van der Waals surface area contributed by atoms with Gasteiger partial charge in [0.1, 0.15) is 13.2 Å². The Kier molecular flexibility index (Phi) is 61.2. The minimum Gasteiger partial charge on any atom is -0.462 e. The normalized spacial score (nSPS) is 12.6. The molecule has 0 rings (SSSR count).